The monoisotopic (exact) mass is 331 g/mol. The Hall–Kier alpha value is -0.790. The van der Waals surface area contributed by atoms with Crippen LogP contribution in [0.25, 0.3) is 0 Å². The average molecular weight is 331 g/mol. The minimum absolute atomic E-state index is 0.310. The molecular formula is C15H29N3O3S. The van der Waals surface area contributed by atoms with Crippen LogP contribution >= 0.6 is 11.8 Å². The highest BCUT2D eigenvalue weighted by Crippen LogP contribution is 2.08. The number of amides is 3. The lowest BCUT2D eigenvalue weighted by atomic mass is 10.4. The second-order valence-corrected chi connectivity index (χ2v) is 6.53. The summed E-state index contributed by atoms with van der Waals surface area (Å²) in [5.41, 5.74) is 0. The fourth-order valence-corrected chi connectivity index (χ4v) is 3.07. The summed E-state index contributed by atoms with van der Waals surface area (Å²) in [6.07, 6.45) is 3.58. The molecule has 0 aromatic heterocycles. The number of thioether (sulfide) groups is 1. The van der Waals surface area contributed by atoms with Gasteiger partial charge >= 0.3 is 6.03 Å². The molecule has 1 fully saturated rings. The Morgan fingerprint density at radius 2 is 2.05 bits per heavy atom. The van der Waals surface area contributed by atoms with Crippen LogP contribution in [0.5, 0.6) is 0 Å². The maximum atomic E-state index is 11.9. The minimum Gasteiger partial charge on any atom is -0.381 e. The minimum atomic E-state index is -0.310. The number of nitrogens with zero attached hydrogens (tertiary/aromatic N) is 2. The zero-order chi connectivity index (χ0) is 16.0. The molecule has 1 heterocycles. The van der Waals surface area contributed by atoms with Crippen molar-refractivity contribution in [3.63, 3.8) is 0 Å². The lowest BCUT2D eigenvalue weighted by Crippen LogP contribution is -2.45. The van der Waals surface area contributed by atoms with Gasteiger partial charge in [-0.15, -0.1) is 0 Å². The van der Waals surface area contributed by atoms with Crippen LogP contribution in [0, 0.1) is 0 Å². The Kier molecular flexibility index (Phi) is 11.1. The Morgan fingerprint density at radius 3 is 2.73 bits per heavy atom. The molecule has 0 bridgehead atoms. The number of hydrogen-bond acceptors (Lipinski definition) is 5. The summed E-state index contributed by atoms with van der Waals surface area (Å²) in [6.45, 7) is 7.36. The number of imide groups is 1. The highest BCUT2D eigenvalue weighted by Gasteiger charge is 2.15. The average Bonchev–Trinajstić information content (AvgIpc) is 2.55. The predicted molar refractivity (Wildman–Crippen MR) is 90.3 cm³/mol. The van der Waals surface area contributed by atoms with E-state index in [0.717, 1.165) is 57.0 Å². The summed E-state index contributed by atoms with van der Waals surface area (Å²) in [7, 11) is 0. The normalized spacial score (nSPS) is 15.5. The van der Waals surface area contributed by atoms with E-state index in [-0.39, 0.29) is 6.03 Å². The van der Waals surface area contributed by atoms with E-state index in [1.54, 1.807) is 0 Å². The van der Waals surface area contributed by atoms with Crippen LogP contribution in [0.3, 0.4) is 0 Å². The van der Waals surface area contributed by atoms with Gasteiger partial charge in [-0.1, -0.05) is 13.3 Å². The van der Waals surface area contributed by atoms with Crippen LogP contribution in [-0.2, 0) is 9.53 Å². The van der Waals surface area contributed by atoms with Gasteiger partial charge in [0.2, 0.25) is 6.41 Å². The predicted octanol–water partition coefficient (Wildman–Crippen LogP) is 1.41. The lowest BCUT2D eigenvalue weighted by Gasteiger charge is -2.27. The molecule has 0 aromatic carbocycles. The van der Waals surface area contributed by atoms with Crippen LogP contribution in [0.4, 0.5) is 4.79 Å². The maximum Gasteiger partial charge on any atom is 0.323 e. The van der Waals surface area contributed by atoms with Crippen LogP contribution < -0.4 is 5.32 Å². The van der Waals surface area contributed by atoms with Gasteiger partial charge in [0.15, 0.2) is 0 Å². The van der Waals surface area contributed by atoms with Gasteiger partial charge in [-0.3, -0.25) is 14.6 Å². The second-order valence-electron chi connectivity index (χ2n) is 5.30. The van der Waals surface area contributed by atoms with Gasteiger partial charge in [-0.2, -0.15) is 11.8 Å². The molecular weight excluding hydrogens is 302 g/mol. The molecule has 1 N–H and O–H groups in total. The Morgan fingerprint density at radius 1 is 1.32 bits per heavy atom. The van der Waals surface area contributed by atoms with Gasteiger partial charge in [0.25, 0.3) is 0 Å². The van der Waals surface area contributed by atoms with Crippen molar-refractivity contribution in [3.05, 3.63) is 0 Å². The number of urea groups is 1. The highest BCUT2D eigenvalue weighted by atomic mass is 32.2. The largest absolute Gasteiger partial charge is 0.381 e. The standard InChI is InChI=1S/C15H29N3O3S/c1-2-3-10-21-11-4-5-16-15(20)18(14-19)7-6-17-8-12-22-13-9-17/h14H,2-13H2,1H3,(H,16,20). The summed E-state index contributed by atoms with van der Waals surface area (Å²) < 4.78 is 5.43. The van der Waals surface area contributed by atoms with Crippen LogP contribution in [-0.4, -0.2) is 79.7 Å². The van der Waals surface area contributed by atoms with Crippen LogP contribution in [0.1, 0.15) is 26.2 Å². The summed E-state index contributed by atoms with van der Waals surface area (Å²) in [5, 5.41) is 2.77. The molecule has 0 aromatic rings. The number of rotatable bonds is 11. The smallest absolute Gasteiger partial charge is 0.323 e. The van der Waals surface area contributed by atoms with Crippen molar-refractivity contribution < 1.29 is 14.3 Å². The van der Waals surface area contributed by atoms with Gasteiger partial charge in [0.05, 0.1) is 0 Å². The Labute approximate surface area is 137 Å². The number of hydrogen-bond donors (Lipinski definition) is 1. The van der Waals surface area contributed by atoms with Crippen molar-refractivity contribution in [1.82, 2.24) is 15.1 Å². The first-order chi connectivity index (χ1) is 10.8. The van der Waals surface area contributed by atoms with Crippen molar-refractivity contribution >= 4 is 24.2 Å². The lowest BCUT2D eigenvalue weighted by molar-refractivity contribution is -0.115. The van der Waals surface area contributed by atoms with Gasteiger partial charge in [-0.05, 0) is 12.8 Å². The first-order valence-corrected chi connectivity index (χ1v) is 9.31. The first kappa shape index (κ1) is 19.3. The molecule has 0 atom stereocenters. The third-order valence-electron chi connectivity index (χ3n) is 3.53. The second kappa shape index (κ2) is 12.7. The van der Waals surface area contributed by atoms with E-state index in [2.05, 4.69) is 17.1 Å². The van der Waals surface area contributed by atoms with E-state index in [9.17, 15) is 9.59 Å². The fraction of sp³-hybridized carbons (Fsp3) is 0.867. The van der Waals surface area contributed by atoms with E-state index in [1.165, 1.54) is 4.90 Å². The summed E-state index contributed by atoms with van der Waals surface area (Å²) in [5.74, 6) is 2.26. The third kappa shape index (κ3) is 8.60. The van der Waals surface area contributed by atoms with E-state index in [1.807, 2.05) is 11.8 Å². The number of unbranched alkanes of at least 4 members (excludes halogenated alkanes) is 1. The zero-order valence-corrected chi connectivity index (χ0v) is 14.4. The van der Waals surface area contributed by atoms with Crippen LogP contribution in [0.15, 0.2) is 0 Å². The third-order valence-corrected chi connectivity index (χ3v) is 4.48. The molecule has 0 spiro atoms. The van der Waals surface area contributed by atoms with Gasteiger partial charge < -0.3 is 10.1 Å². The molecule has 0 saturated carbocycles. The van der Waals surface area contributed by atoms with E-state index >= 15 is 0 Å². The molecule has 7 heteroatoms. The van der Waals surface area contributed by atoms with Crippen molar-refractivity contribution in [2.45, 2.75) is 26.2 Å². The van der Waals surface area contributed by atoms with Crippen molar-refractivity contribution in [2.75, 3.05) is 57.4 Å². The number of carbonyl (C=O) groups is 2. The molecule has 0 unspecified atom stereocenters. The molecule has 1 aliphatic rings. The molecule has 3 amide bonds. The molecule has 1 saturated heterocycles. The van der Waals surface area contributed by atoms with Gasteiger partial charge in [0, 0.05) is 57.4 Å². The molecule has 0 aliphatic carbocycles. The van der Waals surface area contributed by atoms with Crippen LogP contribution in [0.2, 0.25) is 0 Å². The summed E-state index contributed by atoms with van der Waals surface area (Å²) in [6, 6.07) is -0.310. The summed E-state index contributed by atoms with van der Waals surface area (Å²) >= 11 is 1.95. The molecule has 1 aliphatic heterocycles. The number of nitrogens with one attached hydrogen (secondary N) is 1. The first-order valence-electron chi connectivity index (χ1n) is 8.15. The molecule has 1 rings (SSSR count). The number of carbonyl (C=O) groups excluding carboxylic acids is 2. The van der Waals surface area contributed by atoms with Gasteiger partial charge in [0.1, 0.15) is 0 Å². The van der Waals surface area contributed by atoms with E-state index in [4.69, 9.17) is 4.74 Å². The van der Waals surface area contributed by atoms with E-state index < -0.39 is 0 Å². The van der Waals surface area contributed by atoms with Gasteiger partial charge in [-0.25, -0.2) is 4.79 Å². The quantitative estimate of drug-likeness (QED) is 0.458. The molecule has 128 valence electrons. The zero-order valence-electron chi connectivity index (χ0n) is 13.6. The van der Waals surface area contributed by atoms with E-state index in [0.29, 0.717) is 26.1 Å². The topological polar surface area (TPSA) is 61.9 Å². The Bertz CT molecular complexity index is 312. The van der Waals surface area contributed by atoms with Crippen molar-refractivity contribution in [2.24, 2.45) is 0 Å². The fourth-order valence-electron chi connectivity index (χ4n) is 2.10. The molecule has 6 nitrogen and oxygen atoms in total. The number of ether oxygens (including phenoxy) is 1. The molecule has 22 heavy (non-hydrogen) atoms. The summed E-state index contributed by atoms with van der Waals surface area (Å²) in [4.78, 5) is 26.5. The molecule has 0 radical (unpaired) electrons. The van der Waals surface area contributed by atoms with Crippen molar-refractivity contribution in [3.8, 4) is 0 Å². The Balaban J connectivity index is 2.08. The SMILES string of the molecule is CCCCOCCCNC(=O)N(C=O)CCN1CCSCC1. The highest BCUT2D eigenvalue weighted by molar-refractivity contribution is 7.99. The maximum absolute atomic E-state index is 11.9. The van der Waals surface area contributed by atoms with Crippen molar-refractivity contribution in [1.29, 1.82) is 0 Å².